The quantitative estimate of drug-likeness (QED) is 0.0262. The van der Waals surface area contributed by atoms with Crippen molar-refractivity contribution < 1.29 is 28.6 Å². The molecule has 6 heteroatoms. The van der Waals surface area contributed by atoms with Crippen LogP contribution in [0.1, 0.15) is 284 Å². The van der Waals surface area contributed by atoms with Crippen molar-refractivity contribution in [3.8, 4) is 0 Å². The van der Waals surface area contributed by atoms with Gasteiger partial charge >= 0.3 is 17.9 Å². The van der Waals surface area contributed by atoms with Gasteiger partial charge in [-0.05, 0) is 83.5 Å². The Balaban J connectivity index is 4.21. The first-order valence-corrected chi connectivity index (χ1v) is 27.6. The summed E-state index contributed by atoms with van der Waals surface area (Å²) in [6, 6.07) is 0. The highest BCUT2D eigenvalue weighted by molar-refractivity contribution is 5.71. The van der Waals surface area contributed by atoms with E-state index in [2.05, 4.69) is 69.4 Å². The fraction of sp³-hybridized carbons (Fsp3) is 0.810. The molecule has 0 aromatic carbocycles. The predicted octanol–water partition coefficient (Wildman–Crippen LogP) is 18.3. The zero-order valence-corrected chi connectivity index (χ0v) is 42.6. The molecule has 0 bridgehead atoms. The maximum absolute atomic E-state index is 12.8. The van der Waals surface area contributed by atoms with Gasteiger partial charge < -0.3 is 14.2 Å². The summed E-state index contributed by atoms with van der Waals surface area (Å²) in [5.74, 6) is -0.889. The lowest BCUT2D eigenvalue weighted by Gasteiger charge is -2.18. The van der Waals surface area contributed by atoms with Crippen molar-refractivity contribution in [1.82, 2.24) is 0 Å². The first-order valence-electron chi connectivity index (χ1n) is 27.6. The Bertz CT molecular complexity index is 1120. The molecule has 0 radical (unpaired) electrons. The molecule has 0 saturated heterocycles. The molecule has 1 unspecified atom stereocenters. The maximum Gasteiger partial charge on any atom is 0.306 e. The minimum Gasteiger partial charge on any atom is -0.462 e. The van der Waals surface area contributed by atoms with E-state index in [1.54, 1.807) is 0 Å². The second-order valence-corrected chi connectivity index (χ2v) is 18.5. The molecular weight excluding hydrogens is 793 g/mol. The second kappa shape index (κ2) is 53.0. The summed E-state index contributed by atoms with van der Waals surface area (Å²) < 4.78 is 16.8. The third kappa shape index (κ3) is 50.4. The van der Waals surface area contributed by atoms with E-state index < -0.39 is 6.10 Å². The zero-order valence-electron chi connectivity index (χ0n) is 42.6. The standard InChI is InChI=1S/C58H104O6/c1-4-7-10-13-16-19-21-23-25-26-27-28-29-30-31-32-34-35-37-39-42-45-48-51-57(60)63-54-55(53-62-56(59)50-47-44-41-18-15-12-9-6-3)64-58(61)52-49-46-43-40-38-36-33-24-22-20-17-14-11-8-5-2/h17,20-21,23-24,26-27,33,55H,4-16,18-19,22,25,28-32,34-54H2,1-3H3/b20-17-,23-21-,27-26-,33-24-. The Morgan fingerprint density at radius 3 is 0.891 bits per heavy atom. The summed E-state index contributed by atoms with van der Waals surface area (Å²) >= 11 is 0. The highest BCUT2D eigenvalue weighted by Crippen LogP contribution is 2.15. The van der Waals surface area contributed by atoms with Gasteiger partial charge in [-0.2, -0.15) is 0 Å². The highest BCUT2D eigenvalue weighted by Gasteiger charge is 2.19. The third-order valence-corrected chi connectivity index (χ3v) is 12.1. The summed E-state index contributed by atoms with van der Waals surface area (Å²) in [4.78, 5) is 37.9. The average molecular weight is 897 g/mol. The van der Waals surface area contributed by atoms with E-state index in [-0.39, 0.29) is 31.1 Å². The van der Waals surface area contributed by atoms with Crippen molar-refractivity contribution in [2.45, 2.75) is 290 Å². The lowest BCUT2D eigenvalue weighted by atomic mass is 10.0. The van der Waals surface area contributed by atoms with Crippen molar-refractivity contribution in [1.29, 1.82) is 0 Å². The molecule has 0 aliphatic rings. The number of carbonyl (C=O) groups excluding carboxylic acids is 3. The Hall–Kier alpha value is -2.63. The molecule has 0 aliphatic carbocycles. The molecule has 0 amide bonds. The van der Waals surface area contributed by atoms with E-state index in [4.69, 9.17) is 14.2 Å². The van der Waals surface area contributed by atoms with E-state index in [9.17, 15) is 14.4 Å². The summed E-state index contributed by atoms with van der Waals surface area (Å²) in [6.45, 7) is 6.58. The number of esters is 3. The van der Waals surface area contributed by atoms with E-state index in [0.717, 1.165) is 89.9 Å². The smallest absolute Gasteiger partial charge is 0.306 e. The first-order chi connectivity index (χ1) is 31.5. The van der Waals surface area contributed by atoms with Crippen LogP contribution in [0, 0.1) is 0 Å². The van der Waals surface area contributed by atoms with Gasteiger partial charge in [0, 0.05) is 19.3 Å². The molecule has 0 aromatic heterocycles. The maximum atomic E-state index is 12.8. The summed E-state index contributed by atoms with van der Waals surface area (Å²) in [5, 5.41) is 0. The molecule has 1 atom stereocenters. The third-order valence-electron chi connectivity index (χ3n) is 12.1. The molecule has 0 spiro atoms. The number of hydrogen-bond donors (Lipinski definition) is 0. The summed E-state index contributed by atoms with van der Waals surface area (Å²) in [6.07, 6.45) is 64.0. The Morgan fingerprint density at radius 1 is 0.312 bits per heavy atom. The van der Waals surface area contributed by atoms with Crippen LogP contribution in [-0.4, -0.2) is 37.2 Å². The van der Waals surface area contributed by atoms with Gasteiger partial charge in [0.2, 0.25) is 0 Å². The summed E-state index contributed by atoms with van der Waals surface area (Å²) in [7, 11) is 0. The number of unbranched alkanes of at least 4 members (excludes halogenated alkanes) is 31. The number of rotatable bonds is 50. The van der Waals surface area contributed by atoms with E-state index in [1.165, 1.54) is 154 Å². The second-order valence-electron chi connectivity index (χ2n) is 18.5. The molecule has 0 saturated carbocycles. The number of carbonyl (C=O) groups is 3. The lowest BCUT2D eigenvalue weighted by Crippen LogP contribution is -2.30. The van der Waals surface area contributed by atoms with Crippen molar-refractivity contribution in [2.24, 2.45) is 0 Å². The predicted molar refractivity (Wildman–Crippen MR) is 275 cm³/mol. The van der Waals surface area contributed by atoms with E-state index in [1.807, 2.05) is 0 Å². The lowest BCUT2D eigenvalue weighted by molar-refractivity contribution is -0.167. The first kappa shape index (κ1) is 61.4. The molecular formula is C58H104O6. The topological polar surface area (TPSA) is 78.9 Å². The van der Waals surface area contributed by atoms with Crippen LogP contribution < -0.4 is 0 Å². The monoisotopic (exact) mass is 897 g/mol. The molecule has 0 fully saturated rings. The van der Waals surface area contributed by atoms with Crippen LogP contribution in [0.3, 0.4) is 0 Å². The molecule has 0 aliphatic heterocycles. The molecule has 64 heavy (non-hydrogen) atoms. The highest BCUT2D eigenvalue weighted by atomic mass is 16.6. The fourth-order valence-electron chi connectivity index (χ4n) is 7.86. The van der Waals surface area contributed by atoms with Gasteiger partial charge in [-0.25, -0.2) is 0 Å². The molecule has 372 valence electrons. The Labute approximate surface area is 397 Å². The van der Waals surface area contributed by atoms with E-state index >= 15 is 0 Å². The zero-order chi connectivity index (χ0) is 46.5. The SMILES string of the molecule is CCCCC/C=C\C/C=C\CCCCCCCC(=O)OC(COC(=O)CCCCCCCCCC)COC(=O)CCCCCCCCCCCCC/C=C\C/C=C\CCCCCCC. The van der Waals surface area contributed by atoms with Crippen molar-refractivity contribution in [2.75, 3.05) is 13.2 Å². The summed E-state index contributed by atoms with van der Waals surface area (Å²) in [5.41, 5.74) is 0. The van der Waals surface area contributed by atoms with Gasteiger partial charge in [-0.15, -0.1) is 0 Å². The van der Waals surface area contributed by atoms with Gasteiger partial charge in [0.15, 0.2) is 6.10 Å². The number of ether oxygens (including phenoxy) is 3. The van der Waals surface area contributed by atoms with Crippen LogP contribution in [0.25, 0.3) is 0 Å². The molecule has 0 N–H and O–H groups in total. The van der Waals surface area contributed by atoms with E-state index in [0.29, 0.717) is 19.3 Å². The van der Waals surface area contributed by atoms with Crippen molar-refractivity contribution in [3.05, 3.63) is 48.6 Å². The number of hydrogen-bond acceptors (Lipinski definition) is 6. The van der Waals surface area contributed by atoms with Gasteiger partial charge in [0.05, 0.1) is 0 Å². The van der Waals surface area contributed by atoms with Gasteiger partial charge in [0.25, 0.3) is 0 Å². The van der Waals surface area contributed by atoms with Gasteiger partial charge in [0.1, 0.15) is 13.2 Å². The number of allylic oxidation sites excluding steroid dienone is 8. The Kier molecular flexibility index (Phi) is 50.8. The van der Waals surface area contributed by atoms with Crippen molar-refractivity contribution in [3.63, 3.8) is 0 Å². The van der Waals surface area contributed by atoms with Crippen LogP contribution in [0.5, 0.6) is 0 Å². The molecule has 0 aromatic rings. The molecule has 0 rings (SSSR count). The minimum atomic E-state index is -0.777. The molecule has 6 nitrogen and oxygen atoms in total. The minimum absolute atomic E-state index is 0.0776. The normalized spacial score (nSPS) is 12.4. The van der Waals surface area contributed by atoms with Crippen LogP contribution in [0.2, 0.25) is 0 Å². The van der Waals surface area contributed by atoms with Crippen LogP contribution in [0.15, 0.2) is 48.6 Å². The van der Waals surface area contributed by atoms with Crippen molar-refractivity contribution >= 4 is 17.9 Å². The fourth-order valence-corrected chi connectivity index (χ4v) is 7.86. The van der Waals surface area contributed by atoms with Gasteiger partial charge in [-0.3, -0.25) is 14.4 Å². The molecule has 0 heterocycles. The average Bonchev–Trinajstić information content (AvgIpc) is 3.29. The van der Waals surface area contributed by atoms with Crippen LogP contribution in [-0.2, 0) is 28.6 Å². The van der Waals surface area contributed by atoms with Gasteiger partial charge in [-0.1, -0.05) is 230 Å². The van der Waals surface area contributed by atoms with Crippen LogP contribution in [0.4, 0.5) is 0 Å². The Morgan fingerprint density at radius 2 is 0.562 bits per heavy atom. The van der Waals surface area contributed by atoms with Crippen LogP contribution >= 0.6 is 0 Å². The largest absolute Gasteiger partial charge is 0.462 e.